The van der Waals surface area contributed by atoms with Crippen molar-refractivity contribution in [2.24, 2.45) is 5.92 Å². The molecule has 4 nitrogen and oxygen atoms in total. The summed E-state index contributed by atoms with van der Waals surface area (Å²) in [4.78, 5) is 11.7. The van der Waals surface area contributed by atoms with E-state index in [-0.39, 0.29) is 23.1 Å². The Morgan fingerprint density at radius 2 is 1.82 bits per heavy atom. The fraction of sp³-hybridized carbons (Fsp3) is 0.562. The van der Waals surface area contributed by atoms with Gasteiger partial charge in [0.25, 0.3) is 0 Å². The van der Waals surface area contributed by atoms with Crippen LogP contribution in [0.5, 0.6) is 5.75 Å². The molecule has 1 aromatic rings. The molecule has 0 aromatic heterocycles. The van der Waals surface area contributed by atoms with Crippen LogP contribution in [-0.4, -0.2) is 24.3 Å². The van der Waals surface area contributed by atoms with Crippen LogP contribution >= 0.6 is 0 Å². The van der Waals surface area contributed by atoms with Crippen LogP contribution in [0.3, 0.4) is 0 Å². The third kappa shape index (κ3) is 2.65. The zero-order chi connectivity index (χ0) is 16.1. The normalized spacial score (nSPS) is 22.7. The molecule has 6 heteroatoms. The van der Waals surface area contributed by atoms with Crippen molar-refractivity contribution in [2.75, 3.05) is 0 Å². The third-order valence-corrected chi connectivity index (χ3v) is 4.62. The molecule has 0 N–H and O–H groups in total. The number of ether oxygens (including phenoxy) is 1. The zero-order valence-electron chi connectivity index (χ0n) is 13.3. The van der Waals surface area contributed by atoms with Gasteiger partial charge in [0.2, 0.25) is 0 Å². The minimum Gasteiger partial charge on any atom is -0.423 e. The van der Waals surface area contributed by atoms with E-state index in [0.717, 1.165) is 12.8 Å². The molecule has 3 rings (SSSR count). The third-order valence-electron chi connectivity index (χ3n) is 4.62. The van der Waals surface area contributed by atoms with E-state index >= 15 is 0 Å². The Labute approximate surface area is 130 Å². The van der Waals surface area contributed by atoms with Crippen molar-refractivity contribution >= 4 is 18.6 Å². The average molecular weight is 306 g/mol. The van der Waals surface area contributed by atoms with Crippen LogP contribution in [0.2, 0.25) is 0 Å². The van der Waals surface area contributed by atoms with E-state index in [0.29, 0.717) is 0 Å². The van der Waals surface area contributed by atoms with Crippen LogP contribution in [0.15, 0.2) is 18.2 Å². The lowest BCUT2D eigenvalue weighted by atomic mass is 9.78. The number of benzene rings is 1. The average Bonchev–Trinajstić information content (AvgIpc) is 3.20. The van der Waals surface area contributed by atoms with Crippen LogP contribution in [0.1, 0.15) is 40.5 Å². The number of halogens is 1. The number of carbonyl (C=O) groups is 1. The predicted octanol–water partition coefficient (Wildman–Crippen LogP) is 2.44. The fourth-order valence-corrected chi connectivity index (χ4v) is 2.27. The molecule has 0 radical (unpaired) electrons. The van der Waals surface area contributed by atoms with Gasteiger partial charge in [-0.15, -0.1) is 0 Å². The zero-order valence-corrected chi connectivity index (χ0v) is 13.3. The Balaban J connectivity index is 1.84. The molecule has 2 fully saturated rings. The number of rotatable bonds is 3. The second kappa shape index (κ2) is 5.06. The monoisotopic (exact) mass is 306 g/mol. The number of carbonyl (C=O) groups excluding carboxylic acids is 1. The Kier molecular flexibility index (Phi) is 3.57. The van der Waals surface area contributed by atoms with Crippen LogP contribution in [-0.2, 0) is 14.1 Å². The van der Waals surface area contributed by atoms with E-state index in [4.69, 9.17) is 14.0 Å². The minimum absolute atomic E-state index is 0.0656. The van der Waals surface area contributed by atoms with E-state index in [9.17, 15) is 9.18 Å². The quantitative estimate of drug-likeness (QED) is 0.489. The highest BCUT2D eigenvalue weighted by molar-refractivity contribution is 6.62. The van der Waals surface area contributed by atoms with Gasteiger partial charge in [0.15, 0.2) is 11.6 Å². The second-order valence-electron chi connectivity index (χ2n) is 6.94. The number of hydrogen-bond donors (Lipinski definition) is 0. The van der Waals surface area contributed by atoms with Crippen LogP contribution in [0, 0.1) is 11.7 Å². The van der Waals surface area contributed by atoms with Gasteiger partial charge >= 0.3 is 13.1 Å². The van der Waals surface area contributed by atoms with Gasteiger partial charge in [-0.05, 0) is 46.6 Å². The van der Waals surface area contributed by atoms with Gasteiger partial charge < -0.3 is 14.0 Å². The summed E-state index contributed by atoms with van der Waals surface area (Å²) in [6.07, 6.45) is 1.63. The highest BCUT2D eigenvalue weighted by atomic mass is 19.1. The molecule has 0 spiro atoms. The maximum Gasteiger partial charge on any atom is 0.497 e. The molecule has 0 bridgehead atoms. The first-order chi connectivity index (χ1) is 10.2. The first-order valence-electron chi connectivity index (χ1n) is 7.57. The number of esters is 1. The lowest BCUT2D eigenvalue weighted by Gasteiger charge is -2.32. The molecule has 0 unspecified atom stereocenters. The molecule has 1 aliphatic heterocycles. The summed E-state index contributed by atoms with van der Waals surface area (Å²) >= 11 is 0. The standard InChI is InChI=1S/C16H20BFO4/c1-15(2)16(3,4)22-17(21-15)11-6-5-7-12(13(11)18)20-14(19)10-8-9-10/h5-7,10H,8-9H2,1-4H3. The molecule has 0 atom stereocenters. The Morgan fingerprint density at radius 1 is 1.23 bits per heavy atom. The number of hydrogen-bond acceptors (Lipinski definition) is 4. The molecule has 1 saturated heterocycles. The first kappa shape index (κ1) is 15.5. The summed E-state index contributed by atoms with van der Waals surface area (Å²) < 4.78 is 31.5. The van der Waals surface area contributed by atoms with Crippen molar-refractivity contribution in [3.8, 4) is 5.75 Å². The fourth-order valence-electron chi connectivity index (χ4n) is 2.27. The van der Waals surface area contributed by atoms with E-state index in [1.807, 2.05) is 27.7 Å². The molecule has 1 aliphatic carbocycles. The van der Waals surface area contributed by atoms with Crippen molar-refractivity contribution in [1.82, 2.24) is 0 Å². The smallest absolute Gasteiger partial charge is 0.423 e. The van der Waals surface area contributed by atoms with Gasteiger partial charge in [0.05, 0.1) is 17.1 Å². The predicted molar refractivity (Wildman–Crippen MR) is 80.5 cm³/mol. The highest BCUT2D eigenvalue weighted by Crippen LogP contribution is 2.37. The molecule has 1 aromatic carbocycles. The van der Waals surface area contributed by atoms with Gasteiger partial charge in [-0.25, -0.2) is 4.39 Å². The molecular weight excluding hydrogens is 286 g/mol. The van der Waals surface area contributed by atoms with Crippen LogP contribution in [0.4, 0.5) is 4.39 Å². The van der Waals surface area contributed by atoms with Crippen molar-refractivity contribution in [3.05, 3.63) is 24.0 Å². The van der Waals surface area contributed by atoms with E-state index in [2.05, 4.69) is 0 Å². The Bertz CT molecular complexity index is 594. The van der Waals surface area contributed by atoms with Gasteiger partial charge in [0, 0.05) is 5.46 Å². The molecule has 1 saturated carbocycles. The van der Waals surface area contributed by atoms with E-state index in [1.165, 1.54) is 6.07 Å². The van der Waals surface area contributed by atoms with Gasteiger partial charge in [-0.3, -0.25) is 4.79 Å². The summed E-state index contributed by atoms with van der Waals surface area (Å²) in [7, 11) is -0.815. The highest BCUT2D eigenvalue weighted by Gasteiger charge is 2.52. The Hall–Kier alpha value is -1.40. The Morgan fingerprint density at radius 3 is 2.36 bits per heavy atom. The SMILES string of the molecule is CC1(C)OB(c2cccc(OC(=O)C3CC3)c2F)OC1(C)C. The lowest BCUT2D eigenvalue weighted by Crippen LogP contribution is -2.41. The molecule has 2 aliphatic rings. The molecule has 22 heavy (non-hydrogen) atoms. The van der Waals surface area contributed by atoms with Gasteiger partial charge in [-0.2, -0.15) is 0 Å². The van der Waals surface area contributed by atoms with Crippen molar-refractivity contribution in [3.63, 3.8) is 0 Å². The minimum atomic E-state index is -0.815. The maximum absolute atomic E-state index is 14.6. The summed E-state index contributed by atoms with van der Waals surface area (Å²) in [6.45, 7) is 7.62. The van der Waals surface area contributed by atoms with E-state index in [1.54, 1.807) is 12.1 Å². The van der Waals surface area contributed by atoms with Crippen LogP contribution in [0.25, 0.3) is 0 Å². The van der Waals surface area contributed by atoms with E-state index < -0.39 is 24.1 Å². The van der Waals surface area contributed by atoms with Crippen LogP contribution < -0.4 is 10.2 Å². The summed E-state index contributed by atoms with van der Waals surface area (Å²) in [5.74, 6) is -1.12. The lowest BCUT2D eigenvalue weighted by molar-refractivity contribution is -0.136. The van der Waals surface area contributed by atoms with Crippen molar-refractivity contribution < 1.29 is 23.2 Å². The summed E-state index contributed by atoms with van der Waals surface area (Å²) in [6, 6.07) is 4.68. The molecule has 0 amide bonds. The van der Waals surface area contributed by atoms with Crippen molar-refractivity contribution in [2.45, 2.75) is 51.7 Å². The van der Waals surface area contributed by atoms with Gasteiger partial charge in [0.1, 0.15) is 0 Å². The summed E-state index contributed by atoms with van der Waals surface area (Å²) in [5.41, 5.74) is -0.852. The summed E-state index contributed by atoms with van der Waals surface area (Å²) in [5, 5.41) is 0. The van der Waals surface area contributed by atoms with Gasteiger partial charge in [-0.1, -0.05) is 12.1 Å². The molecular formula is C16H20BFO4. The van der Waals surface area contributed by atoms with Crippen molar-refractivity contribution in [1.29, 1.82) is 0 Å². The topological polar surface area (TPSA) is 44.8 Å². The maximum atomic E-state index is 14.6. The second-order valence-corrected chi connectivity index (χ2v) is 6.94. The largest absolute Gasteiger partial charge is 0.497 e. The molecule has 1 heterocycles. The molecule has 118 valence electrons. The first-order valence-corrected chi connectivity index (χ1v) is 7.57.